The molecule has 4 heteroatoms. The van der Waals surface area contributed by atoms with Crippen LogP contribution in [0.1, 0.15) is 42.3 Å². The molecule has 19 heavy (non-hydrogen) atoms. The summed E-state index contributed by atoms with van der Waals surface area (Å²) in [7, 11) is 2.70. The van der Waals surface area contributed by atoms with E-state index in [1.54, 1.807) is 19.9 Å². The predicted molar refractivity (Wildman–Crippen MR) is 72.2 cm³/mol. The maximum Gasteiger partial charge on any atom is 0.338 e. The molecule has 0 spiro atoms. The Balaban J connectivity index is 3.33. The Morgan fingerprint density at radius 3 is 2.26 bits per heavy atom. The quantitative estimate of drug-likeness (QED) is 0.784. The molecule has 104 valence electrons. The first kappa shape index (κ1) is 15.2. The van der Waals surface area contributed by atoms with E-state index in [4.69, 9.17) is 9.47 Å². The van der Waals surface area contributed by atoms with Gasteiger partial charge in [0.05, 0.1) is 25.2 Å². The van der Waals surface area contributed by atoms with Crippen molar-refractivity contribution in [2.45, 2.75) is 32.6 Å². The van der Waals surface area contributed by atoms with Crippen molar-refractivity contribution in [1.29, 1.82) is 0 Å². The fourth-order valence-electron chi connectivity index (χ4n) is 1.95. The lowest BCUT2D eigenvalue weighted by Crippen LogP contribution is -2.30. The van der Waals surface area contributed by atoms with E-state index in [1.165, 1.54) is 14.2 Å². The SMILES string of the molecule is CCc1ccc(C(C)(C)C(=O)OC)cc1C(=O)OC. The maximum absolute atomic E-state index is 11.8. The van der Waals surface area contributed by atoms with Gasteiger partial charge in [-0.1, -0.05) is 19.1 Å². The van der Waals surface area contributed by atoms with Gasteiger partial charge < -0.3 is 9.47 Å². The van der Waals surface area contributed by atoms with Crippen molar-refractivity contribution in [3.63, 3.8) is 0 Å². The molecule has 1 aromatic rings. The summed E-state index contributed by atoms with van der Waals surface area (Å²) in [6.45, 7) is 5.49. The Labute approximate surface area is 113 Å². The monoisotopic (exact) mass is 264 g/mol. The number of esters is 2. The van der Waals surface area contributed by atoms with Gasteiger partial charge in [-0.25, -0.2) is 4.79 Å². The second kappa shape index (κ2) is 5.87. The molecule has 0 aliphatic heterocycles. The molecule has 0 heterocycles. The predicted octanol–water partition coefficient (Wildman–Crippen LogP) is 2.49. The summed E-state index contributed by atoms with van der Waals surface area (Å²) >= 11 is 0. The van der Waals surface area contributed by atoms with Gasteiger partial charge in [0.15, 0.2) is 0 Å². The van der Waals surface area contributed by atoms with Crippen LogP contribution in [0, 0.1) is 0 Å². The molecule has 1 aromatic carbocycles. The number of benzene rings is 1. The molecule has 0 N–H and O–H groups in total. The largest absolute Gasteiger partial charge is 0.468 e. The minimum Gasteiger partial charge on any atom is -0.468 e. The topological polar surface area (TPSA) is 52.6 Å². The minimum absolute atomic E-state index is 0.340. The molecule has 0 aliphatic carbocycles. The molecular weight excluding hydrogens is 244 g/mol. The molecule has 0 aromatic heterocycles. The van der Waals surface area contributed by atoms with Crippen LogP contribution < -0.4 is 0 Å². The molecule has 0 saturated heterocycles. The molecule has 4 nitrogen and oxygen atoms in total. The van der Waals surface area contributed by atoms with Crippen LogP contribution in [0.15, 0.2) is 18.2 Å². The van der Waals surface area contributed by atoms with Gasteiger partial charge in [0.25, 0.3) is 0 Å². The Morgan fingerprint density at radius 2 is 1.79 bits per heavy atom. The zero-order chi connectivity index (χ0) is 14.6. The zero-order valence-corrected chi connectivity index (χ0v) is 12.1. The van der Waals surface area contributed by atoms with Gasteiger partial charge in [0.2, 0.25) is 0 Å². The molecule has 0 unspecified atom stereocenters. The van der Waals surface area contributed by atoms with Gasteiger partial charge in [0, 0.05) is 0 Å². The Bertz CT molecular complexity index is 489. The summed E-state index contributed by atoms with van der Waals surface area (Å²) in [5.74, 6) is -0.730. The maximum atomic E-state index is 11.8. The number of hydrogen-bond acceptors (Lipinski definition) is 4. The van der Waals surface area contributed by atoms with E-state index in [0.717, 1.165) is 17.5 Å². The van der Waals surface area contributed by atoms with E-state index < -0.39 is 5.41 Å². The first-order valence-electron chi connectivity index (χ1n) is 6.18. The second-order valence-electron chi connectivity index (χ2n) is 4.83. The van der Waals surface area contributed by atoms with Crippen LogP contribution in [0.4, 0.5) is 0 Å². The number of aryl methyl sites for hydroxylation is 1. The van der Waals surface area contributed by atoms with Crippen LogP contribution in [0.3, 0.4) is 0 Å². The molecule has 1 rings (SSSR count). The molecule has 0 aliphatic rings. The zero-order valence-electron chi connectivity index (χ0n) is 12.1. The third-order valence-electron chi connectivity index (χ3n) is 3.31. The minimum atomic E-state index is -0.802. The van der Waals surface area contributed by atoms with Crippen LogP contribution >= 0.6 is 0 Å². The lowest BCUT2D eigenvalue weighted by Gasteiger charge is -2.23. The fraction of sp³-hybridized carbons (Fsp3) is 0.467. The van der Waals surface area contributed by atoms with Crippen molar-refractivity contribution in [3.8, 4) is 0 Å². The third kappa shape index (κ3) is 2.95. The number of rotatable bonds is 4. The van der Waals surface area contributed by atoms with Crippen molar-refractivity contribution in [2.24, 2.45) is 0 Å². The fourth-order valence-corrected chi connectivity index (χ4v) is 1.95. The molecule has 0 radical (unpaired) electrons. The molecule has 0 atom stereocenters. The van der Waals surface area contributed by atoms with Gasteiger partial charge in [-0.3, -0.25) is 4.79 Å². The summed E-state index contributed by atoms with van der Waals surface area (Å²) in [6.07, 6.45) is 0.726. The van der Waals surface area contributed by atoms with Crippen molar-refractivity contribution >= 4 is 11.9 Å². The highest BCUT2D eigenvalue weighted by molar-refractivity contribution is 5.92. The molecule has 0 fully saturated rings. The summed E-state index contributed by atoms with van der Waals surface area (Å²) in [5.41, 5.74) is 1.33. The molecular formula is C15H20O4. The Hall–Kier alpha value is -1.84. The highest BCUT2D eigenvalue weighted by Crippen LogP contribution is 2.27. The van der Waals surface area contributed by atoms with Crippen LogP contribution in [0.5, 0.6) is 0 Å². The van der Waals surface area contributed by atoms with Crippen LogP contribution in [-0.2, 0) is 26.1 Å². The summed E-state index contributed by atoms with van der Waals surface area (Å²) in [4.78, 5) is 23.6. The summed E-state index contributed by atoms with van der Waals surface area (Å²) in [6, 6.07) is 5.41. The van der Waals surface area contributed by atoms with Crippen LogP contribution in [0.25, 0.3) is 0 Å². The van der Waals surface area contributed by atoms with Gasteiger partial charge in [0.1, 0.15) is 0 Å². The highest BCUT2D eigenvalue weighted by atomic mass is 16.5. The Kier molecular flexibility index (Phi) is 4.70. The van der Waals surface area contributed by atoms with Gasteiger partial charge >= 0.3 is 11.9 Å². The van der Waals surface area contributed by atoms with Crippen LogP contribution in [0.2, 0.25) is 0 Å². The average molecular weight is 264 g/mol. The second-order valence-corrected chi connectivity index (χ2v) is 4.83. The van der Waals surface area contributed by atoms with Crippen molar-refractivity contribution in [3.05, 3.63) is 34.9 Å². The third-order valence-corrected chi connectivity index (χ3v) is 3.31. The van der Waals surface area contributed by atoms with Gasteiger partial charge in [-0.2, -0.15) is 0 Å². The normalized spacial score (nSPS) is 11.0. The van der Waals surface area contributed by atoms with E-state index in [0.29, 0.717) is 5.56 Å². The lowest BCUT2D eigenvalue weighted by molar-refractivity contribution is -0.146. The van der Waals surface area contributed by atoms with E-state index in [-0.39, 0.29) is 11.9 Å². The Morgan fingerprint density at radius 1 is 1.16 bits per heavy atom. The van der Waals surface area contributed by atoms with E-state index >= 15 is 0 Å². The lowest BCUT2D eigenvalue weighted by atomic mass is 9.83. The number of methoxy groups -OCH3 is 2. The van der Waals surface area contributed by atoms with Gasteiger partial charge in [-0.15, -0.1) is 0 Å². The molecule has 0 amide bonds. The van der Waals surface area contributed by atoms with E-state index in [2.05, 4.69) is 0 Å². The van der Waals surface area contributed by atoms with Crippen molar-refractivity contribution in [1.82, 2.24) is 0 Å². The van der Waals surface area contributed by atoms with Gasteiger partial charge in [-0.05, 0) is 37.5 Å². The number of carbonyl (C=O) groups excluding carboxylic acids is 2. The highest BCUT2D eigenvalue weighted by Gasteiger charge is 2.31. The smallest absolute Gasteiger partial charge is 0.338 e. The van der Waals surface area contributed by atoms with Crippen molar-refractivity contribution in [2.75, 3.05) is 14.2 Å². The standard InChI is InChI=1S/C15H20O4/c1-6-10-7-8-11(9-12(10)13(16)18-4)15(2,3)14(17)19-5/h7-9H,6H2,1-5H3. The first-order chi connectivity index (χ1) is 8.88. The summed E-state index contributed by atoms with van der Waals surface area (Å²) < 4.78 is 9.58. The van der Waals surface area contributed by atoms with E-state index in [9.17, 15) is 9.59 Å². The first-order valence-corrected chi connectivity index (χ1v) is 6.18. The molecule has 0 saturated carbocycles. The van der Waals surface area contributed by atoms with E-state index in [1.807, 2.05) is 19.1 Å². The number of hydrogen-bond donors (Lipinski definition) is 0. The summed E-state index contributed by atoms with van der Waals surface area (Å²) in [5, 5.41) is 0. The van der Waals surface area contributed by atoms with Crippen molar-refractivity contribution < 1.29 is 19.1 Å². The number of ether oxygens (including phenoxy) is 2. The number of carbonyl (C=O) groups is 2. The average Bonchev–Trinajstić information content (AvgIpc) is 2.44. The van der Waals surface area contributed by atoms with Crippen LogP contribution in [-0.4, -0.2) is 26.2 Å². The molecule has 0 bridgehead atoms.